The Hall–Kier alpha value is -2.94. The molecule has 2 N–H and O–H groups in total. The lowest BCUT2D eigenvalue weighted by molar-refractivity contribution is -0.254. The van der Waals surface area contributed by atoms with E-state index in [0.29, 0.717) is 27.1 Å². The largest absolute Gasteiger partial charge is 0.495 e. The van der Waals surface area contributed by atoms with Gasteiger partial charge in [0.1, 0.15) is 19.1 Å². The van der Waals surface area contributed by atoms with Gasteiger partial charge in [-0.25, -0.2) is 22.5 Å². The van der Waals surface area contributed by atoms with Gasteiger partial charge in [-0.15, -0.1) is 11.3 Å². The van der Waals surface area contributed by atoms with Crippen LogP contribution in [0.1, 0.15) is 23.0 Å². The minimum atomic E-state index is -4.64. The van der Waals surface area contributed by atoms with Gasteiger partial charge in [-0.1, -0.05) is 24.0 Å². The maximum Gasteiger partial charge on any atom is 0.460 e. The van der Waals surface area contributed by atoms with Gasteiger partial charge < -0.3 is 19.9 Å². The first-order valence-corrected chi connectivity index (χ1v) is 16.3. The SMILES string of the molecule is COc1cc(P(C)(C)=O)ccc1NCC#Cc1sc2c(NC3CCN(C(F)(F)F)CC3F)cccc2c1C(F)C(F)F. The Bertz CT molecular complexity index is 1530. The lowest BCUT2D eigenvalue weighted by Gasteiger charge is -2.36. The molecule has 0 spiro atoms. The highest BCUT2D eigenvalue weighted by atomic mass is 32.1. The first-order chi connectivity index (χ1) is 19.7. The fourth-order valence-electron chi connectivity index (χ4n) is 4.67. The van der Waals surface area contributed by atoms with E-state index in [4.69, 9.17) is 4.74 Å². The van der Waals surface area contributed by atoms with Gasteiger partial charge in [0.15, 0.2) is 6.17 Å². The van der Waals surface area contributed by atoms with E-state index in [2.05, 4.69) is 22.5 Å². The summed E-state index contributed by atoms with van der Waals surface area (Å²) in [6, 6.07) is 8.56. The van der Waals surface area contributed by atoms with E-state index in [-0.39, 0.29) is 33.7 Å². The molecule has 3 atom stereocenters. The summed E-state index contributed by atoms with van der Waals surface area (Å²) >= 11 is 0.944. The molecule has 5 nitrogen and oxygen atoms in total. The molecule has 1 fully saturated rings. The van der Waals surface area contributed by atoms with Crippen LogP contribution in [0.3, 0.4) is 0 Å². The number of nitrogens with zero attached hydrogens (tertiary/aromatic N) is 1. The van der Waals surface area contributed by atoms with Crippen molar-refractivity contribution in [3.05, 3.63) is 46.8 Å². The summed E-state index contributed by atoms with van der Waals surface area (Å²) in [5.74, 6) is 6.00. The number of anilines is 2. The van der Waals surface area contributed by atoms with Gasteiger partial charge in [-0.2, -0.15) is 13.2 Å². The Balaban J connectivity index is 1.59. The molecule has 2 heterocycles. The highest BCUT2D eigenvalue weighted by molar-refractivity contribution is 7.70. The minimum absolute atomic E-state index is 0.0390. The van der Waals surface area contributed by atoms with Crippen molar-refractivity contribution in [2.75, 3.05) is 50.7 Å². The second-order valence-corrected chi connectivity index (χ2v) is 14.4. The normalized spacial score (nSPS) is 18.9. The average molecular weight is 636 g/mol. The van der Waals surface area contributed by atoms with E-state index < -0.39 is 51.3 Å². The summed E-state index contributed by atoms with van der Waals surface area (Å²) in [6.07, 6.45) is -12.6. The van der Waals surface area contributed by atoms with Gasteiger partial charge in [0.25, 0.3) is 6.43 Å². The van der Waals surface area contributed by atoms with Gasteiger partial charge in [-0.3, -0.25) is 0 Å². The van der Waals surface area contributed by atoms with Crippen molar-refractivity contribution in [1.29, 1.82) is 0 Å². The van der Waals surface area contributed by atoms with Crippen LogP contribution in [0, 0.1) is 11.8 Å². The van der Waals surface area contributed by atoms with E-state index in [1.165, 1.54) is 19.2 Å². The number of hydrogen-bond donors (Lipinski definition) is 2. The fraction of sp³-hybridized carbons (Fsp3) is 0.429. The number of halogens is 7. The summed E-state index contributed by atoms with van der Waals surface area (Å²) in [4.78, 5) is 0.158. The molecule has 14 heteroatoms. The van der Waals surface area contributed by atoms with Crippen LogP contribution in [0.25, 0.3) is 10.1 Å². The van der Waals surface area contributed by atoms with Crippen LogP contribution < -0.4 is 20.7 Å². The van der Waals surface area contributed by atoms with Gasteiger partial charge in [-0.05, 0) is 44.0 Å². The average Bonchev–Trinajstić information content (AvgIpc) is 3.29. The van der Waals surface area contributed by atoms with E-state index in [9.17, 15) is 35.3 Å². The summed E-state index contributed by atoms with van der Waals surface area (Å²) in [7, 11) is -1.06. The molecule has 0 bridgehead atoms. The van der Waals surface area contributed by atoms with Crippen molar-refractivity contribution < 1.29 is 40.0 Å². The molecule has 3 aromatic rings. The monoisotopic (exact) mass is 635 g/mol. The lowest BCUT2D eigenvalue weighted by atomic mass is 10.0. The number of likely N-dealkylation sites (tertiary alicyclic amines) is 1. The molecule has 0 amide bonds. The number of nitrogens with one attached hydrogen (secondary N) is 2. The van der Waals surface area contributed by atoms with Crippen LogP contribution in [-0.4, -0.2) is 69.9 Å². The smallest absolute Gasteiger partial charge is 0.460 e. The Morgan fingerprint density at radius 2 is 1.90 bits per heavy atom. The lowest BCUT2D eigenvalue weighted by Crippen LogP contribution is -2.52. The third-order valence-corrected chi connectivity index (χ3v) is 9.56. The molecule has 1 aliphatic rings. The number of fused-ring (bicyclic) bond motifs is 1. The summed E-state index contributed by atoms with van der Waals surface area (Å²) in [6.45, 7) is 2.07. The van der Waals surface area contributed by atoms with Crippen molar-refractivity contribution in [1.82, 2.24) is 4.90 Å². The third kappa shape index (κ3) is 7.16. The van der Waals surface area contributed by atoms with Crippen LogP contribution in [0.15, 0.2) is 36.4 Å². The maximum absolute atomic E-state index is 14.8. The van der Waals surface area contributed by atoms with E-state index >= 15 is 0 Å². The van der Waals surface area contributed by atoms with Crippen LogP contribution in [-0.2, 0) is 4.57 Å². The number of methoxy groups -OCH3 is 1. The Labute approximate surface area is 242 Å². The van der Waals surface area contributed by atoms with Crippen molar-refractivity contribution >= 4 is 45.2 Å². The van der Waals surface area contributed by atoms with Crippen LogP contribution in [0.5, 0.6) is 5.75 Å². The van der Waals surface area contributed by atoms with Crippen LogP contribution >= 0.6 is 18.5 Å². The van der Waals surface area contributed by atoms with Gasteiger partial charge >= 0.3 is 6.30 Å². The van der Waals surface area contributed by atoms with Gasteiger partial charge in [0, 0.05) is 29.3 Å². The number of ether oxygens (including phenoxy) is 1. The number of rotatable bonds is 8. The molecule has 228 valence electrons. The number of thiophene rings is 1. The van der Waals surface area contributed by atoms with E-state index in [1.54, 1.807) is 37.6 Å². The van der Waals surface area contributed by atoms with Crippen molar-refractivity contribution in [3.8, 4) is 17.6 Å². The molecule has 1 aliphatic heterocycles. The molecule has 3 unspecified atom stereocenters. The first-order valence-electron chi connectivity index (χ1n) is 12.9. The second kappa shape index (κ2) is 12.7. The zero-order valence-electron chi connectivity index (χ0n) is 22.9. The van der Waals surface area contributed by atoms with Crippen molar-refractivity contribution in [2.45, 2.75) is 37.5 Å². The molecule has 2 aromatic carbocycles. The molecular formula is C28H29F7N3O2PS. The molecule has 0 radical (unpaired) electrons. The predicted octanol–water partition coefficient (Wildman–Crippen LogP) is 7.24. The maximum atomic E-state index is 14.8. The first kappa shape index (κ1) is 32.0. The number of hydrogen-bond acceptors (Lipinski definition) is 6. The third-order valence-electron chi connectivity index (χ3n) is 6.87. The standard InChI is InChI=1S/C28H29F7N3O2PS/c1-40-22-14-16(41(2,3)39)9-10-20(22)36-12-5-8-23-24(25(30)27(31)32)17-6-4-7-21(26(17)42-23)37-19-11-13-38(15-18(19)29)28(33,34)35/h4,6-7,9-10,14,18-19,25,27,36-37H,11-13,15H2,1-3H3. The molecular weight excluding hydrogens is 606 g/mol. The number of benzene rings is 2. The summed E-state index contributed by atoms with van der Waals surface area (Å²) < 4.78 is 114. The highest BCUT2D eigenvalue weighted by Crippen LogP contribution is 2.43. The van der Waals surface area contributed by atoms with Crippen molar-refractivity contribution in [2.24, 2.45) is 0 Å². The van der Waals surface area contributed by atoms with Crippen LogP contribution in [0.2, 0.25) is 0 Å². The van der Waals surface area contributed by atoms with E-state index in [0.717, 1.165) is 11.3 Å². The summed E-state index contributed by atoms with van der Waals surface area (Å²) in [5, 5.41) is 6.74. The molecule has 42 heavy (non-hydrogen) atoms. The summed E-state index contributed by atoms with van der Waals surface area (Å²) in [5.41, 5.74) is 0.558. The number of piperidine rings is 1. The zero-order chi connectivity index (χ0) is 30.8. The molecule has 0 saturated carbocycles. The quantitative estimate of drug-likeness (QED) is 0.118. The molecule has 4 rings (SSSR count). The van der Waals surface area contributed by atoms with Crippen LogP contribution in [0.4, 0.5) is 42.1 Å². The molecule has 1 saturated heterocycles. The second-order valence-electron chi connectivity index (χ2n) is 10.1. The van der Waals surface area contributed by atoms with Gasteiger partial charge in [0.2, 0.25) is 0 Å². The molecule has 0 aliphatic carbocycles. The van der Waals surface area contributed by atoms with Crippen molar-refractivity contribution in [3.63, 3.8) is 0 Å². The Kier molecular flexibility index (Phi) is 9.70. The molecule has 1 aromatic heterocycles. The Morgan fingerprint density at radius 3 is 2.52 bits per heavy atom. The zero-order valence-corrected chi connectivity index (χ0v) is 24.6. The van der Waals surface area contributed by atoms with Gasteiger partial charge in [0.05, 0.1) is 40.6 Å². The topological polar surface area (TPSA) is 53.6 Å². The fourth-order valence-corrected chi connectivity index (χ4v) is 6.71. The minimum Gasteiger partial charge on any atom is -0.495 e. The Morgan fingerprint density at radius 1 is 1.17 bits per heavy atom. The predicted molar refractivity (Wildman–Crippen MR) is 154 cm³/mol. The number of alkyl halides is 7. The highest BCUT2D eigenvalue weighted by Gasteiger charge is 2.43. The van der Waals surface area contributed by atoms with E-state index in [1.807, 2.05) is 0 Å².